The van der Waals surface area contributed by atoms with Crippen molar-refractivity contribution in [1.82, 2.24) is 9.38 Å². The van der Waals surface area contributed by atoms with Crippen LogP contribution in [-0.4, -0.2) is 16.4 Å². The highest BCUT2D eigenvalue weighted by Gasteiger charge is 2.21. The molecule has 1 fully saturated rings. The number of aromatic nitrogens is 2. The number of halogens is 1. The summed E-state index contributed by atoms with van der Waals surface area (Å²) in [7, 11) is 1.94. The van der Waals surface area contributed by atoms with Gasteiger partial charge in [0.2, 0.25) is 0 Å². The van der Waals surface area contributed by atoms with E-state index in [1.54, 1.807) is 0 Å². The summed E-state index contributed by atoms with van der Waals surface area (Å²) in [5.41, 5.74) is 2.28. The minimum atomic E-state index is 0.623. The van der Waals surface area contributed by atoms with Crippen molar-refractivity contribution in [3.05, 3.63) is 28.8 Å². The number of fused-ring (bicyclic) bond motifs is 1. The van der Waals surface area contributed by atoms with E-state index in [1.165, 1.54) is 37.9 Å². The SMILES string of the molecule is CNc1ccn2c(C3CCCCC3)nc(Br)c2c1. The van der Waals surface area contributed by atoms with Crippen LogP contribution in [0.4, 0.5) is 5.69 Å². The highest BCUT2D eigenvalue weighted by molar-refractivity contribution is 9.10. The predicted molar refractivity (Wildman–Crippen MR) is 78.3 cm³/mol. The van der Waals surface area contributed by atoms with Gasteiger partial charge in [0, 0.05) is 24.8 Å². The quantitative estimate of drug-likeness (QED) is 0.901. The molecule has 3 rings (SSSR count). The van der Waals surface area contributed by atoms with E-state index in [0.29, 0.717) is 5.92 Å². The van der Waals surface area contributed by atoms with Crippen LogP contribution in [0.5, 0.6) is 0 Å². The van der Waals surface area contributed by atoms with Crippen molar-refractivity contribution in [2.75, 3.05) is 12.4 Å². The van der Waals surface area contributed by atoms with E-state index in [4.69, 9.17) is 4.98 Å². The van der Waals surface area contributed by atoms with Crippen molar-refractivity contribution in [2.24, 2.45) is 0 Å². The molecule has 96 valence electrons. The fraction of sp³-hybridized carbons (Fsp3) is 0.500. The van der Waals surface area contributed by atoms with Gasteiger partial charge < -0.3 is 9.72 Å². The Morgan fingerprint density at radius 1 is 1.33 bits per heavy atom. The molecule has 0 atom stereocenters. The third-order valence-electron chi connectivity index (χ3n) is 3.88. The van der Waals surface area contributed by atoms with Crippen molar-refractivity contribution in [1.29, 1.82) is 0 Å². The lowest BCUT2D eigenvalue weighted by molar-refractivity contribution is 0.427. The van der Waals surface area contributed by atoms with E-state index in [2.05, 4.69) is 44.0 Å². The van der Waals surface area contributed by atoms with Crippen molar-refractivity contribution in [3.8, 4) is 0 Å². The van der Waals surface area contributed by atoms with E-state index in [0.717, 1.165) is 15.8 Å². The fourth-order valence-corrected chi connectivity index (χ4v) is 3.36. The van der Waals surface area contributed by atoms with Crippen LogP contribution in [0.2, 0.25) is 0 Å². The topological polar surface area (TPSA) is 29.3 Å². The molecule has 1 saturated carbocycles. The van der Waals surface area contributed by atoms with Crippen LogP contribution in [0.25, 0.3) is 5.52 Å². The Morgan fingerprint density at radius 2 is 2.11 bits per heavy atom. The lowest BCUT2D eigenvalue weighted by Gasteiger charge is -2.20. The molecule has 3 nitrogen and oxygen atoms in total. The molecule has 0 unspecified atom stereocenters. The van der Waals surface area contributed by atoms with Crippen molar-refractivity contribution in [2.45, 2.75) is 38.0 Å². The monoisotopic (exact) mass is 307 g/mol. The molecule has 2 aromatic rings. The van der Waals surface area contributed by atoms with Crippen LogP contribution in [0.3, 0.4) is 0 Å². The number of anilines is 1. The molecule has 0 spiro atoms. The largest absolute Gasteiger partial charge is 0.388 e. The van der Waals surface area contributed by atoms with Crippen molar-refractivity contribution in [3.63, 3.8) is 0 Å². The summed E-state index contributed by atoms with van der Waals surface area (Å²) in [6, 6.07) is 4.25. The second-order valence-electron chi connectivity index (χ2n) is 5.02. The Morgan fingerprint density at radius 3 is 2.83 bits per heavy atom. The van der Waals surface area contributed by atoms with Gasteiger partial charge in [0.05, 0.1) is 5.52 Å². The maximum absolute atomic E-state index is 4.74. The van der Waals surface area contributed by atoms with Gasteiger partial charge in [-0.25, -0.2) is 4.98 Å². The molecule has 0 amide bonds. The van der Waals surface area contributed by atoms with Gasteiger partial charge in [-0.3, -0.25) is 0 Å². The number of nitrogens with one attached hydrogen (secondary N) is 1. The van der Waals surface area contributed by atoms with E-state index in [-0.39, 0.29) is 0 Å². The average Bonchev–Trinajstić information content (AvgIpc) is 2.77. The van der Waals surface area contributed by atoms with Crippen LogP contribution < -0.4 is 5.32 Å². The fourth-order valence-electron chi connectivity index (χ4n) is 2.87. The summed E-state index contributed by atoms with van der Waals surface area (Å²) < 4.78 is 3.20. The summed E-state index contributed by atoms with van der Waals surface area (Å²) in [4.78, 5) is 4.74. The first-order valence-corrected chi connectivity index (χ1v) is 7.44. The Hall–Kier alpha value is -1.03. The lowest BCUT2D eigenvalue weighted by atomic mass is 9.89. The summed E-state index contributed by atoms with van der Waals surface area (Å²) in [5, 5.41) is 3.17. The highest BCUT2D eigenvalue weighted by atomic mass is 79.9. The normalized spacial score (nSPS) is 17.2. The lowest BCUT2D eigenvalue weighted by Crippen LogP contribution is -2.08. The molecular weight excluding hydrogens is 290 g/mol. The molecule has 0 radical (unpaired) electrons. The number of pyridine rings is 1. The zero-order valence-electron chi connectivity index (χ0n) is 10.6. The van der Waals surface area contributed by atoms with Crippen LogP contribution in [0.1, 0.15) is 43.8 Å². The molecule has 0 bridgehead atoms. The van der Waals surface area contributed by atoms with Gasteiger partial charge in [-0.05, 0) is 40.9 Å². The van der Waals surface area contributed by atoms with Gasteiger partial charge in [-0.2, -0.15) is 0 Å². The molecule has 1 N–H and O–H groups in total. The average molecular weight is 308 g/mol. The summed E-state index contributed by atoms with van der Waals surface area (Å²) in [6.07, 6.45) is 8.74. The minimum absolute atomic E-state index is 0.623. The maximum atomic E-state index is 4.74. The standard InChI is InChI=1S/C14H18BrN3/c1-16-11-7-8-18-12(9-11)13(15)17-14(18)10-5-3-2-4-6-10/h7-10,16H,2-6H2,1H3. The molecule has 4 heteroatoms. The van der Waals surface area contributed by atoms with Crippen molar-refractivity contribution >= 4 is 27.1 Å². The van der Waals surface area contributed by atoms with Gasteiger partial charge in [-0.15, -0.1) is 0 Å². The molecule has 0 aliphatic heterocycles. The number of rotatable bonds is 2. The minimum Gasteiger partial charge on any atom is -0.388 e. The smallest absolute Gasteiger partial charge is 0.132 e. The van der Waals surface area contributed by atoms with Crippen LogP contribution in [0, 0.1) is 0 Å². The number of hydrogen-bond acceptors (Lipinski definition) is 2. The maximum Gasteiger partial charge on any atom is 0.132 e. The summed E-state index contributed by atoms with van der Waals surface area (Å²) in [5.74, 6) is 1.84. The second-order valence-corrected chi connectivity index (χ2v) is 5.77. The zero-order valence-corrected chi connectivity index (χ0v) is 12.2. The Bertz CT molecular complexity index is 555. The van der Waals surface area contributed by atoms with E-state index in [9.17, 15) is 0 Å². The molecule has 2 aromatic heterocycles. The van der Waals surface area contributed by atoms with E-state index < -0.39 is 0 Å². The van der Waals surface area contributed by atoms with E-state index in [1.807, 2.05) is 7.05 Å². The van der Waals surface area contributed by atoms with E-state index >= 15 is 0 Å². The predicted octanol–water partition coefficient (Wildman–Crippen LogP) is 4.19. The molecule has 1 aliphatic carbocycles. The molecule has 18 heavy (non-hydrogen) atoms. The Labute approximate surface area is 116 Å². The molecular formula is C14H18BrN3. The number of nitrogens with zero attached hydrogens (tertiary/aromatic N) is 2. The third kappa shape index (κ3) is 2.03. The number of hydrogen-bond donors (Lipinski definition) is 1. The highest BCUT2D eigenvalue weighted by Crippen LogP contribution is 2.34. The molecule has 0 saturated heterocycles. The molecule has 2 heterocycles. The second kappa shape index (κ2) is 4.92. The first kappa shape index (κ1) is 12.0. The van der Waals surface area contributed by atoms with Crippen LogP contribution in [-0.2, 0) is 0 Å². The van der Waals surface area contributed by atoms with Gasteiger partial charge in [0.25, 0.3) is 0 Å². The van der Waals surface area contributed by atoms with Gasteiger partial charge in [0.15, 0.2) is 0 Å². The molecule has 0 aromatic carbocycles. The van der Waals surface area contributed by atoms with Gasteiger partial charge in [0.1, 0.15) is 10.4 Å². The Balaban J connectivity index is 2.07. The first-order valence-electron chi connectivity index (χ1n) is 6.65. The zero-order chi connectivity index (χ0) is 12.5. The number of imidazole rings is 1. The van der Waals surface area contributed by atoms with Gasteiger partial charge >= 0.3 is 0 Å². The first-order chi connectivity index (χ1) is 8.79. The summed E-state index contributed by atoms with van der Waals surface area (Å²) in [6.45, 7) is 0. The summed E-state index contributed by atoms with van der Waals surface area (Å²) >= 11 is 3.59. The third-order valence-corrected chi connectivity index (χ3v) is 4.47. The Kier molecular flexibility index (Phi) is 3.29. The van der Waals surface area contributed by atoms with Gasteiger partial charge in [-0.1, -0.05) is 19.3 Å². The van der Waals surface area contributed by atoms with Crippen molar-refractivity contribution < 1.29 is 0 Å². The van der Waals surface area contributed by atoms with Crippen LogP contribution in [0.15, 0.2) is 22.9 Å². The molecule has 1 aliphatic rings. The van der Waals surface area contributed by atoms with Crippen LogP contribution >= 0.6 is 15.9 Å².